The van der Waals surface area contributed by atoms with Crippen molar-refractivity contribution >= 4 is 11.7 Å². The zero-order chi connectivity index (χ0) is 15.2. The lowest BCUT2D eigenvalue weighted by molar-refractivity contribution is -0.136. The second-order valence-corrected chi connectivity index (χ2v) is 5.12. The molecule has 0 spiro atoms. The number of carbonyl (C=O) groups is 1. The Morgan fingerprint density at radius 1 is 1.33 bits per heavy atom. The maximum atomic E-state index is 10.9. The summed E-state index contributed by atoms with van der Waals surface area (Å²) in [5.41, 5.74) is 0.983. The predicted molar refractivity (Wildman–Crippen MR) is 80.2 cm³/mol. The Labute approximate surface area is 124 Å². The molecule has 1 N–H and O–H groups in total. The van der Waals surface area contributed by atoms with E-state index in [2.05, 4.69) is 10.1 Å². The number of carboxylic acid groups (broad SMARTS) is 1. The van der Waals surface area contributed by atoms with Crippen LogP contribution < -0.4 is 4.90 Å². The van der Waals surface area contributed by atoms with E-state index in [1.807, 2.05) is 53.8 Å². The molecule has 21 heavy (non-hydrogen) atoms. The SMILES string of the molecule is CC(C)n1ncnc1CN(CCC(=O)O)c1ccccc1. The van der Waals surface area contributed by atoms with Gasteiger partial charge in [-0.2, -0.15) is 5.10 Å². The van der Waals surface area contributed by atoms with Gasteiger partial charge in [-0.1, -0.05) is 18.2 Å². The first-order valence-electron chi connectivity index (χ1n) is 6.98. The first-order valence-corrected chi connectivity index (χ1v) is 6.98. The molecule has 6 nitrogen and oxygen atoms in total. The molecule has 0 atom stereocenters. The fourth-order valence-corrected chi connectivity index (χ4v) is 2.16. The van der Waals surface area contributed by atoms with Gasteiger partial charge in [-0.3, -0.25) is 4.79 Å². The molecular weight excluding hydrogens is 268 g/mol. The van der Waals surface area contributed by atoms with E-state index < -0.39 is 5.97 Å². The maximum absolute atomic E-state index is 10.9. The summed E-state index contributed by atoms with van der Waals surface area (Å²) in [6, 6.07) is 9.98. The number of aromatic nitrogens is 3. The smallest absolute Gasteiger partial charge is 0.305 e. The molecule has 0 saturated carbocycles. The molecule has 112 valence electrons. The highest BCUT2D eigenvalue weighted by Crippen LogP contribution is 2.17. The van der Waals surface area contributed by atoms with Crippen molar-refractivity contribution in [1.29, 1.82) is 0 Å². The molecule has 0 bridgehead atoms. The van der Waals surface area contributed by atoms with Crippen molar-refractivity contribution in [1.82, 2.24) is 14.8 Å². The highest BCUT2D eigenvalue weighted by Gasteiger charge is 2.14. The zero-order valence-corrected chi connectivity index (χ0v) is 12.3. The highest BCUT2D eigenvalue weighted by atomic mass is 16.4. The van der Waals surface area contributed by atoms with E-state index in [1.54, 1.807) is 0 Å². The van der Waals surface area contributed by atoms with Gasteiger partial charge in [-0.25, -0.2) is 9.67 Å². The Hall–Kier alpha value is -2.37. The first-order chi connectivity index (χ1) is 10.1. The fourth-order valence-electron chi connectivity index (χ4n) is 2.16. The number of anilines is 1. The summed E-state index contributed by atoms with van der Waals surface area (Å²) < 4.78 is 1.86. The summed E-state index contributed by atoms with van der Waals surface area (Å²) in [7, 11) is 0. The number of carboxylic acids is 1. The van der Waals surface area contributed by atoms with Gasteiger partial charge in [-0.15, -0.1) is 0 Å². The third kappa shape index (κ3) is 4.05. The molecule has 1 aromatic heterocycles. The summed E-state index contributed by atoms with van der Waals surface area (Å²) in [5.74, 6) is 0.0282. The Balaban J connectivity index is 2.19. The Bertz CT molecular complexity index is 580. The minimum atomic E-state index is -0.804. The van der Waals surface area contributed by atoms with Crippen LogP contribution in [0.3, 0.4) is 0 Å². The molecule has 0 aliphatic rings. The fraction of sp³-hybridized carbons (Fsp3) is 0.400. The van der Waals surface area contributed by atoms with Crippen molar-refractivity contribution in [3.63, 3.8) is 0 Å². The molecule has 2 rings (SSSR count). The van der Waals surface area contributed by atoms with Crippen LogP contribution in [0, 0.1) is 0 Å². The van der Waals surface area contributed by atoms with Gasteiger partial charge in [0.2, 0.25) is 0 Å². The van der Waals surface area contributed by atoms with Crippen LogP contribution in [0.5, 0.6) is 0 Å². The van der Waals surface area contributed by atoms with E-state index in [-0.39, 0.29) is 12.5 Å². The van der Waals surface area contributed by atoms with Crippen LogP contribution in [-0.2, 0) is 11.3 Å². The van der Waals surface area contributed by atoms with Gasteiger partial charge in [0.05, 0.1) is 13.0 Å². The third-order valence-corrected chi connectivity index (χ3v) is 3.19. The Kier molecular flexibility index (Phi) is 4.92. The van der Waals surface area contributed by atoms with Crippen molar-refractivity contribution in [3.8, 4) is 0 Å². The second kappa shape index (κ2) is 6.88. The maximum Gasteiger partial charge on any atom is 0.305 e. The van der Waals surface area contributed by atoms with Gasteiger partial charge in [0.15, 0.2) is 0 Å². The highest BCUT2D eigenvalue weighted by molar-refractivity contribution is 5.67. The van der Waals surface area contributed by atoms with Gasteiger partial charge in [0.25, 0.3) is 0 Å². The molecule has 0 aliphatic heterocycles. The molecule has 0 saturated heterocycles. The van der Waals surface area contributed by atoms with E-state index in [0.29, 0.717) is 13.1 Å². The lowest BCUT2D eigenvalue weighted by Crippen LogP contribution is -2.27. The summed E-state index contributed by atoms with van der Waals surface area (Å²) in [6.45, 7) is 5.06. The lowest BCUT2D eigenvalue weighted by atomic mass is 10.2. The summed E-state index contributed by atoms with van der Waals surface area (Å²) in [4.78, 5) is 17.2. The summed E-state index contributed by atoms with van der Waals surface area (Å²) >= 11 is 0. The normalized spacial score (nSPS) is 10.8. The van der Waals surface area contributed by atoms with Crippen LogP contribution in [0.4, 0.5) is 5.69 Å². The van der Waals surface area contributed by atoms with Crippen LogP contribution in [0.1, 0.15) is 32.1 Å². The van der Waals surface area contributed by atoms with E-state index in [9.17, 15) is 4.79 Å². The molecule has 0 unspecified atom stereocenters. The standard InChI is InChI=1S/C15H20N4O2/c1-12(2)19-14(16-11-17-19)10-18(9-8-15(20)21)13-6-4-3-5-7-13/h3-7,11-12H,8-10H2,1-2H3,(H,20,21). The predicted octanol–water partition coefficient (Wildman–Crippen LogP) is 2.34. The van der Waals surface area contributed by atoms with Crippen molar-refractivity contribution in [2.75, 3.05) is 11.4 Å². The van der Waals surface area contributed by atoms with E-state index in [1.165, 1.54) is 6.33 Å². The van der Waals surface area contributed by atoms with Crippen LogP contribution in [0.25, 0.3) is 0 Å². The quantitative estimate of drug-likeness (QED) is 0.846. The van der Waals surface area contributed by atoms with Crippen molar-refractivity contribution in [3.05, 3.63) is 42.5 Å². The number of para-hydroxylation sites is 1. The number of hydrogen-bond donors (Lipinski definition) is 1. The Morgan fingerprint density at radius 2 is 2.05 bits per heavy atom. The van der Waals surface area contributed by atoms with Gasteiger partial charge in [-0.05, 0) is 26.0 Å². The van der Waals surface area contributed by atoms with Crippen molar-refractivity contribution in [2.24, 2.45) is 0 Å². The van der Waals surface area contributed by atoms with Crippen LogP contribution in [-0.4, -0.2) is 32.4 Å². The lowest BCUT2D eigenvalue weighted by Gasteiger charge is -2.24. The average molecular weight is 288 g/mol. The minimum absolute atomic E-state index is 0.0880. The molecule has 1 aromatic carbocycles. The van der Waals surface area contributed by atoms with Crippen LogP contribution in [0.15, 0.2) is 36.7 Å². The van der Waals surface area contributed by atoms with E-state index in [4.69, 9.17) is 5.11 Å². The average Bonchev–Trinajstić information content (AvgIpc) is 2.92. The van der Waals surface area contributed by atoms with E-state index >= 15 is 0 Å². The monoisotopic (exact) mass is 288 g/mol. The topological polar surface area (TPSA) is 71.2 Å². The summed E-state index contributed by atoms with van der Waals surface area (Å²) in [6.07, 6.45) is 1.63. The first kappa shape index (κ1) is 15.0. The van der Waals surface area contributed by atoms with Gasteiger partial charge >= 0.3 is 5.97 Å². The molecule has 6 heteroatoms. The molecule has 0 aliphatic carbocycles. The van der Waals surface area contributed by atoms with E-state index in [0.717, 1.165) is 11.5 Å². The van der Waals surface area contributed by atoms with Crippen molar-refractivity contribution < 1.29 is 9.90 Å². The number of hydrogen-bond acceptors (Lipinski definition) is 4. The third-order valence-electron chi connectivity index (χ3n) is 3.19. The summed E-state index contributed by atoms with van der Waals surface area (Å²) in [5, 5.41) is 13.1. The Morgan fingerprint density at radius 3 is 2.67 bits per heavy atom. The number of rotatable bonds is 7. The molecule has 0 amide bonds. The van der Waals surface area contributed by atoms with Crippen LogP contribution in [0.2, 0.25) is 0 Å². The molecule has 0 fully saturated rings. The van der Waals surface area contributed by atoms with Gasteiger partial charge in [0.1, 0.15) is 12.2 Å². The molecule has 0 radical (unpaired) electrons. The van der Waals surface area contributed by atoms with Crippen molar-refractivity contribution in [2.45, 2.75) is 32.9 Å². The zero-order valence-electron chi connectivity index (χ0n) is 12.3. The minimum Gasteiger partial charge on any atom is -0.481 e. The molecular formula is C15H20N4O2. The largest absolute Gasteiger partial charge is 0.481 e. The molecule has 2 aromatic rings. The number of nitrogens with zero attached hydrogens (tertiary/aromatic N) is 4. The number of aliphatic carboxylic acids is 1. The molecule has 1 heterocycles. The van der Waals surface area contributed by atoms with Crippen LogP contribution >= 0.6 is 0 Å². The number of benzene rings is 1. The van der Waals surface area contributed by atoms with Gasteiger partial charge < -0.3 is 10.0 Å². The van der Waals surface area contributed by atoms with Gasteiger partial charge in [0, 0.05) is 18.3 Å². The second-order valence-electron chi connectivity index (χ2n) is 5.12.